The van der Waals surface area contributed by atoms with E-state index in [1.54, 1.807) is 4.90 Å². The quantitative estimate of drug-likeness (QED) is 0.748. The zero-order chi connectivity index (χ0) is 12.5. The minimum Gasteiger partial charge on any atom is -0.444 e. The first-order valence-corrected chi connectivity index (χ1v) is 5.88. The van der Waals surface area contributed by atoms with Gasteiger partial charge in [0.05, 0.1) is 12.6 Å². The van der Waals surface area contributed by atoms with Crippen LogP contribution in [0.1, 0.15) is 41.0 Å². The Labute approximate surface area is 97.6 Å². The van der Waals surface area contributed by atoms with Crippen LogP contribution in [-0.4, -0.2) is 40.4 Å². The molecular formula is C12H23NO3. The van der Waals surface area contributed by atoms with E-state index < -0.39 is 11.7 Å². The van der Waals surface area contributed by atoms with Gasteiger partial charge in [-0.3, -0.25) is 0 Å². The van der Waals surface area contributed by atoms with Gasteiger partial charge in [-0.2, -0.15) is 0 Å². The molecule has 2 unspecified atom stereocenters. The summed E-state index contributed by atoms with van der Waals surface area (Å²) in [5.74, 6) is 0.338. The molecule has 0 saturated carbocycles. The first kappa shape index (κ1) is 13.3. The lowest BCUT2D eigenvalue weighted by atomic mass is 10.0. The third kappa shape index (κ3) is 3.37. The molecule has 4 nitrogen and oxygen atoms in total. The SMILES string of the molecule is CC(C)C1CC(O)CN1C(=O)OC(C)(C)C. The second-order valence-electron chi connectivity index (χ2n) is 5.83. The van der Waals surface area contributed by atoms with Gasteiger partial charge < -0.3 is 14.7 Å². The fourth-order valence-electron chi connectivity index (χ4n) is 2.01. The lowest BCUT2D eigenvalue weighted by Crippen LogP contribution is -2.42. The Morgan fingerprint density at radius 3 is 2.44 bits per heavy atom. The maximum Gasteiger partial charge on any atom is 0.410 e. The van der Waals surface area contributed by atoms with Crippen molar-refractivity contribution in [2.24, 2.45) is 5.92 Å². The number of likely N-dealkylation sites (tertiary alicyclic amines) is 1. The Balaban J connectivity index is 2.67. The number of carbonyl (C=O) groups is 1. The normalized spacial score (nSPS) is 26.3. The highest BCUT2D eigenvalue weighted by Gasteiger charge is 2.38. The number of hydrogen-bond acceptors (Lipinski definition) is 3. The molecule has 0 aromatic carbocycles. The summed E-state index contributed by atoms with van der Waals surface area (Å²) in [5, 5.41) is 9.62. The molecule has 1 saturated heterocycles. The first-order chi connectivity index (χ1) is 7.20. The number of β-amino-alcohol motifs (C(OH)–C–C–N with tert-alkyl or cyclic N) is 1. The zero-order valence-corrected chi connectivity index (χ0v) is 10.9. The first-order valence-electron chi connectivity index (χ1n) is 5.88. The maximum atomic E-state index is 11.9. The predicted molar refractivity (Wildman–Crippen MR) is 62.2 cm³/mol. The molecule has 0 radical (unpaired) electrons. The third-order valence-electron chi connectivity index (χ3n) is 2.72. The Hall–Kier alpha value is -0.770. The van der Waals surface area contributed by atoms with Crippen molar-refractivity contribution in [1.29, 1.82) is 0 Å². The topological polar surface area (TPSA) is 49.8 Å². The number of aliphatic hydroxyl groups is 1. The van der Waals surface area contributed by atoms with Crippen molar-refractivity contribution in [3.63, 3.8) is 0 Å². The van der Waals surface area contributed by atoms with Crippen LogP contribution in [0.3, 0.4) is 0 Å². The van der Waals surface area contributed by atoms with Crippen LogP contribution in [0.2, 0.25) is 0 Å². The van der Waals surface area contributed by atoms with E-state index in [1.165, 1.54) is 0 Å². The minimum atomic E-state index is -0.480. The average Bonchev–Trinajstić information content (AvgIpc) is 2.44. The minimum absolute atomic E-state index is 0.0878. The molecule has 1 N–H and O–H groups in total. The van der Waals surface area contributed by atoms with Crippen LogP contribution in [0.15, 0.2) is 0 Å². The van der Waals surface area contributed by atoms with E-state index >= 15 is 0 Å². The van der Waals surface area contributed by atoms with E-state index in [4.69, 9.17) is 4.74 Å². The van der Waals surface area contributed by atoms with Gasteiger partial charge >= 0.3 is 6.09 Å². The van der Waals surface area contributed by atoms with Crippen LogP contribution < -0.4 is 0 Å². The molecule has 16 heavy (non-hydrogen) atoms. The van der Waals surface area contributed by atoms with Crippen molar-refractivity contribution in [3.05, 3.63) is 0 Å². The maximum absolute atomic E-state index is 11.9. The highest BCUT2D eigenvalue weighted by Crippen LogP contribution is 2.26. The number of rotatable bonds is 1. The number of hydrogen-bond donors (Lipinski definition) is 1. The van der Waals surface area contributed by atoms with Crippen molar-refractivity contribution in [2.45, 2.75) is 58.8 Å². The van der Waals surface area contributed by atoms with Gasteiger partial charge in [0.1, 0.15) is 5.60 Å². The summed E-state index contributed by atoms with van der Waals surface area (Å²) in [6.07, 6.45) is -0.0839. The molecule has 1 aliphatic rings. The van der Waals surface area contributed by atoms with Gasteiger partial charge in [0, 0.05) is 6.04 Å². The van der Waals surface area contributed by atoms with Crippen LogP contribution >= 0.6 is 0 Å². The highest BCUT2D eigenvalue weighted by atomic mass is 16.6. The lowest BCUT2D eigenvalue weighted by Gasteiger charge is -2.30. The summed E-state index contributed by atoms with van der Waals surface area (Å²) in [4.78, 5) is 13.6. The summed E-state index contributed by atoms with van der Waals surface area (Å²) >= 11 is 0. The number of aliphatic hydroxyl groups excluding tert-OH is 1. The van der Waals surface area contributed by atoms with E-state index in [0.717, 1.165) is 0 Å². The third-order valence-corrected chi connectivity index (χ3v) is 2.72. The molecule has 2 atom stereocenters. The Morgan fingerprint density at radius 1 is 1.44 bits per heavy atom. The van der Waals surface area contributed by atoms with Crippen molar-refractivity contribution in [3.8, 4) is 0 Å². The second kappa shape index (κ2) is 4.62. The smallest absolute Gasteiger partial charge is 0.410 e. The van der Waals surface area contributed by atoms with E-state index in [-0.39, 0.29) is 12.1 Å². The molecule has 0 aromatic heterocycles. The number of carbonyl (C=O) groups excluding carboxylic acids is 1. The number of ether oxygens (including phenoxy) is 1. The van der Waals surface area contributed by atoms with Crippen LogP contribution in [0.4, 0.5) is 4.79 Å². The molecule has 1 rings (SSSR count). The van der Waals surface area contributed by atoms with Gasteiger partial charge in [-0.1, -0.05) is 13.8 Å². The van der Waals surface area contributed by atoms with Gasteiger partial charge in [0.15, 0.2) is 0 Å². The van der Waals surface area contributed by atoms with Gasteiger partial charge in [-0.15, -0.1) is 0 Å². The summed E-state index contributed by atoms with van der Waals surface area (Å²) in [6, 6.07) is 0.0878. The Bertz CT molecular complexity index is 257. The largest absolute Gasteiger partial charge is 0.444 e. The van der Waals surface area contributed by atoms with Crippen molar-refractivity contribution < 1.29 is 14.6 Å². The van der Waals surface area contributed by atoms with Crippen LogP contribution in [0, 0.1) is 5.92 Å². The van der Waals surface area contributed by atoms with Crippen molar-refractivity contribution in [2.75, 3.05) is 6.54 Å². The molecule has 1 aliphatic heterocycles. The Morgan fingerprint density at radius 2 is 2.00 bits per heavy atom. The lowest BCUT2D eigenvalue weighted by molar-refractivity contribution is 0.0175. The van der Waals surface area contributed by atoms with Gasteiger partial charge in [0.25, 0.3) is 0 Å². The summed E-state index contributed by atoms with van der Waals surface area (Å²) in [6.45, 7) is 10.0. The summed E-state index contributed by atoms with van der Waals surface area (Å²) in [7, 11) is 0. The standard InChI is InChI=1S/C12H23NO3/c1-8(2)10-6-9(14)7-13(10)11(15)16-12(3,4)5/h8-10,14H,6-7H2,1-5H3. The van der Waals surface area contributed by atoms with Crippen molar-refractivity contribution in [1.82, 2.24) is 4.90 Å². The predicted octanol–water partition coefficient (Wildman–Crippen LogP) is 2.01. The molecule has 94 valence electrons. The van der Waals surface area contributed by atoms with Gasteiger partial charge in [-0.25, -0.2) is 4.79 Å². The van der Waals surface area contributed by atoms with E-state index in [9.17, 15) is 9.90 Å². The molecule has 1 heterocycles. The van der Waals surface area contributed by atoms with Crippen LogP contribution in [0.25, 0.3) is 0 Å². The van der Waals surface area contributed by atoms with Gasteiger partial charge in [0.2, 0.25) is 0 Å². The molecule has 1 fully saturated rings. The fraction of sp³-hybridized carbons (Fsp3) is 0.917. The summed E-state index contributed by atoms with van der Waals surface area (Å²) < 4.78 is 5.33. The Kier molecular flexibility index (Phi) is 3.84. The summed E-state index contributed by atoms with van der Waals surface area (Å²) in [5.41, 5.74) is -0.480. The monoisotopic (exact) mass is 229 g/mol. The van der Waals surface area contributed by atoms with Crippen LogP contribution in [-0.2, 0) is 4.74 Å². The molecular weight excluding hydrogens is 206 g/mol. The second-order valence-corrected chi connectivity index (χ2v) is 5.83. The van der Waals surface area contributed by atoms with Crippen molar-refractivity contribution >= 4 is 6.09 Å². The molecule has 1 amide bonds. The fourth-order valence-corrected chi connectivity index (χ4v) is 2.01. The average molecular weight is 229 g/mol. The molecule has 4 heteroatoms. The molecule has 0 spiro atoms. The number of nitrogens with zero attached hydrogens (tertiary/aromatic N) is 1. The van der Waals surface area contributed by atoms with Gasteiger partial charge in [-0.05, 0) is 33.1 Å². The zero-order valence-electron chi connectivity index (χ0n) is 10.9. The number of amides is 1. The highest BCUT2D eigenvalue weighted by molar-refractivity contribution is 5.69. The molecule has 0 aromatic rings. The van der Waals surface area contributed by atoms with E-state index in [2.05, 4.69) is 13.8 Å². The van der Waals surface area contributed by atoms with E-state index in [0.29, 0.717) is 18.9 Å². The van der Waals surface area contributed by atoms with Crippen LogP contribution in [0.5, 0.6) is 0 Å². The van der Waals surface area contributed by atoms with E-state index in [1.807, 2.05) is 20.8 Å². The molecule has 0 aliphatic carbocycles. The molecule has 0 bridgehead atoms.